The Morgan fingerprint density at radius 1 is 0.879 bits per heavy atom. The van der Waals surface area contributed by atoms with Gasteiger partial charge in [0.25, 0.3) is 0 Å². The van der Waals surface area contributed by atoms with Gasteiger partial charge in [0.15, 0.2) is 0 Å². The number of hydrogen-bond acceptors (Lipinski definition) is 2. The quantitative estimate of drug-likeness (QED) is 0.404. The minimum absolute atomic E-state index is 0.0584. The monoisotopic (exact) mass is 451 g/mol. The summed E-state index contributed by atoms with van der Waals surface area (Å²) in [7, 11) is 0. The number of nitrogens with zero attached hydrogens (tertiary/aromatic N) is 1. The lowest BCUT2D eigenvalue weighted by atomic mass is 9.32. The zero-order valence-electron chi connectivity index (χ0n) is 22.8. The first-order valence-corrected chi connectivity index (χ1v) is 14.2. The van der Waals surface area contributed by atoms with Crippen LogP contribution in [0.2, 0.25) is 0 Å². The summed E-state index contributed by atoms with van der Waals surface area (Å²) in [6.07, 6.45) is 10.9. The third-order valence-electron chi connectivity index (χ3n) is 13.5. The first-order valence-electron chi connectivity index (χ1n) is 14.2. The summed E-state index contributed by atoms with van der Waals surface area (Å²) in [4.78, 5) is 13.2. The van der Waals surface area contributed by atoms with Crippen molar-refractivity contribution in [2.24, 2.45) is 68.5 Å². The number of hydrogen-bond donors (Lipinski definition) is 0. The molecule has 0 amide bonds. The van der Waals surface area contributed by atoms with E-state index in [1.165, 1.54) is 38.5 Å². The molecule has 5 aliphatic rings. The molecule has 0 unspecified atom stereocenters. The number of nitriles is 1. The second-order valence-electron chi connectivity index (χ2n) is 15.1. The second kappa shape index (κ2) is 7.11. The molecule has 2 nitrogen and oxygen atoms in total. The van der Waals surface area contributed by atoms with Crippen molar-refractivity contribution < 1.29 is 4.79 Å². The average Bonchev–Trinajstić information content (AvgIpc) is 3.13. The Labute approximate surface area is 203 Å². The highest BCUT2D eigenvalue weighted by Gasteiger charge is 2.71. The molecule has 5 saturated carbocycles. The predicted molar refractivity (Wildman–Crippen MR) is 134 cm³/mol. The maximum atomic E-state index is 13.2. The van der Waals surface area contributed by atoms with E-state index in [1.807, 2.05) is 0 Å². The SMILES string of the molecule is CC(C)[C@@H]1CC[C@]2(C#N)CC[C@]3(C)[C@H](CC[C@H]4[C@@]5(C)C[C@@H](C)C(=O)C(C)(C)[C@H]5CC[C@]43C)[C@H]12. The van der Waals surface area contributed by atoms with E-state index in [9.17, 15) is 10.1 Å². The van der Waals surface area contributed by atoms with Crippen molar-refractivity contribution in [1.29, 1.82) is 5.26 Å². The molecule has 0 saturated heterocycles. The van der Waals surface area contributed by atoms with Gasteiger partial charge in [-0.25, -0.2) is 0 Å². The fraction of sp³-hybridized carbons (Fsp3) is 0.935. The molecule has 0 heterocycles. The van der Waals surface area contributed by atoms with Gasteiger partial charge in [-0.15, -0.1) is 0 Å². The predicted octanol–water partition coefficient (Wildman–Crippen LogP) is 8.06. The van der Waals surface area contributed by atoms with Gasteiger partial charge in [-0.2, -0.15) is 5.26 Å². The van der Waals surface area contributed by atoms with Gasteiger partial charge in [0, 0.05) is 11.3 Å². The fourth-order valence-electron chi connectivity index (χ4n) is 12.0. The highest BCUT2D eigenvalue weighted by atomic mass is 16.1. The van der Waals surface area contributed by atoms with Crippen LogP contribution < -0.4 is 0 Å². The van der Waals surface area contributed by atoms with Gasteiger partial charge in [-0.05, 0) is 110 Å². The number of ketones is 1. The number of Topliss-reactive ketones (excluding diaryl/α,β-unsaturated/α-hetero) is 1. The molecule has 2 heteroatoms. The van der Waals surface area contributed by atoms with E-state index in [1.54, 1.807) is 0 Å². The Balaban J connectivity index is 1.57. The Hall–Kier alpha value is -0.840. The van der Waals surface area contributed by atoms with Gasteiger partial charge in [0.2, 0.25) is 0 Å². The molecule has 0 bridgehead atoms. The molecule has 0 aromatic rings. The van der Waals surface area contributed by atoms with E-state index in [0.29, 0.717) is 52.1 Å². The van der Waals surface area contributed by atoms with Crippen LogP contribution in [0, 0.1) is 79.8 Å². The molecule has 5 aliphatic carbocycles. The van der Waals surface area contributed by atoms with Crippen LogP contribution in [0.1, 0.15) is 113 Å². The lowest BCUT2D eigenvalue weighted by Crippen LogP contribution is -2.67. The van der Waals surface area contributed by atoms with E-state index in [0.717, 1.165) is 19.3 Å². The van der Waals surface area contributed by atoms with Crippen LogP contribution in [0.25, 0.3) is 0 Å². The third kappa shape index (κ3) is 2.75. The summed E-state index contributed by atoms with van der Waals surface area (Å²) in [5, 5.41) is 10.4. The summed E-state index contributed by atoms with van der Waals surface area (Å²) in [6.45, 7) is 19.5. The van der Waals surface area contributed by atoms with Crippen LogP contribution in [0.4, 0.5) is 0 Å². The van der Waals surface area contributed by atoms with Crippen molar-refractivity contribution in [3.63, 3.8) is 0 Å². The van der Waals surface area contributed by atoms with Crippen molar-refractivity contribution in [2.45, 2.75) is 113 Å². The highest BCUT2D eigenvalue weighted by molar-refractivity contribution is 5.87. The minimum Gasteiger partial charge on any atom is -0.299 e. The molecule has 5 fully saturated rings. The van der Waals surface area contributed by atoms with Crippen LogP contribution in [-0.4, -0.2) is 5.78 Å². The second-order valence-corrected chi connectivity index (χ2v) is 15.1. The molecular formula is C31H49NO. The number of carbonyl (C=O) groups excluding carboxylic acids is 1. The summed E-state index contributed by atoms with van der Waals surface area (Å²) in [5.41, 5.74) is 0.651. The molecule has 184 valence electrons. The maximum Gasteiger partial charge on any atom is 0.141 e. The molecule has 0 spiro atoms. The fourth-order valence-corrected chi connectivity index (χ4v) is 12.0. The zero-order valence-corrected chi connectivity index (χ0v) is 22.8. The van der Waals surface area contributed by atoms with Crippen LogP contribution >= 0.6 is 0 Å². The first-order chi connectivity index (χ1) is 15.3. The van der Waals surface area contributed by atoms with Gasteiger partial charge in [0.05, 0.1) is 11.5 Å². The van der Waals surface area contributed by atoms with Gasteiger partial charge in [0.1, 0.15) is 5.78 Å². The van der Waals surface area contributed by atoms with Crippen LogP contribution in [-0.2, 0) is 4.79 Å². The molecule has 0 aromatic heterocycles. The molecule has 5 rings (SSSR count). The first kappa shape index (κ1) is 23.9. The molecule has 0 radical (unpaired) electrons. The van der Waals surface area contributed by atoms with E-state index < -0.39 is 0 Å². The Kier molecular flexibility index (Phi) is 5.14. The van der Waals surface area contributed by atoms with Crippen LogP contribution in [0.5, 0.6) is 0 Å². The van der Waals surface area contributed by atoms with Gasteiger partial charge in [-0.1, -0.05) is 55.4 Å². The maximum absolute atomic E-state index is 13.2. The Bertz CT molecular complexity index is 882. The number of carbonyl (C=O) groups is 1. The van der Waals surface area contributed by atoms with Crippen molar-refractivity contribution in [3.8, 4) is 6.07 Å². The minimum atomic E-state index is -0.192. The normalized spacial score (nSPS) is 55.2. The molecular weight excluding hydrogens is 402 g/mol. The van der Waals surface area contributed by atoms with Gasteiger partial charge < -0.3 is 0 Å². The summed E-state index contributed by atoms with van der Waals surface area (Å²) in [6, 6.07) is 2.94. The Morgan fingerprint density at radius 3 is 2.21 bits per heavy atom. The van der Waals surface area contributed by atoms with Crippen molar-refractivity contribution in [2.75, 3.05) is 0 Å². The van der Waals surface area contributed by atoms with Crippen molar-refractivity contribution >= 4 is 5.78 Å². The van der Waals surface area contributed by atoms with E-state index in [-0.39, 0.29) is 22.2 Å². The van der Waals surface area contributed by atoms with Crippen molar-refractivity contribution in [3.05, 3.63) is 0 Å². The van der Waals surface area contributed by atoms with Crippen molar-refractivity contribution in [1.82, 2.24) is 0 Å². The zero-order chi connectivity index (χ0) is 24.2. The standard InChI is InChI=1S/C31H49NO/c1-19(2)21-11-14-31(18-32)16-15-29(7)22(25(21)31)9-10-24-28(6)17-20(3)26(33)27(4,5)23(28)12-13-30(24,29)8/h19-25H,9-17H2,1-8H3/t20-,21+,22-,23-,24+,25+,28+,29-,30-,31-/m1/s1. The summed E-state index contributed by atoms with van der Waals surface area (Å²) >= 11 is 0. The molecule has 0 aromatic carbocycles. The van der Waals surface area contributed by atoms with Gasteiger partial charge in [-0.3, -0.25) is 4.79 Å². The molecule has 33 heavy (non-hydrogen) atoms. The van der Waals surface area contributed by atoms with Crippen LogP contribution in [0.15, 0.2) is 0 Å². The third-order valence-corrected chi connectivity index (χ3v) is 13.5. The Morgan fingerprint density at radius 2 is 1.58 bits per heavy atom. The molecule has 10 atom stereocenters. The largest absolute Gasteiger partial charge is 0.299 e. The number of rotatable bonds is 1. The number of fused-ring (bicyclic) bond motifs is 7. The summed E-state index contributed by atoms with van der Waals surface area (Å²) in [5.74, 6) is 4.59. The highest BCUT2D eigenvalue weighted by Crippen LogP contribution is 2.77. The van der Waals surface area contributed by atoms with E-state index in [4.69, 9.17) is 0 Å². The molecule has 0 N–H and O–H groups in total. The van der Waals surface area contributed by atoms with Crippen LogP contribution in [0.3, 0.4) is 0 Å². The van der Waals surface area contributed by atoms with E-state index >= 15 is 0 Å². The molecule has 0 aliphatic heterocycles. The summed E-state index contributed by atoms with van der Waals surface area (Å²) < 4.78 is 0. The lowest BCUT2D eigenvalue weighted by molar-refractivity contribution is -0.235. The van der Waals surface area contributed by atoms with Gasteiger partial charge >= 0.3 is 0 Å². The topological polar surface area (TPSA) is 40.9 Å². The smallest absolute Gasteiger partial charge is 0.141 e. The van der Waals surface area contributed by atoms with E-state index in [2.05, 4.69) is 61.5 Å². The average molecular weight is 452 g/mol. The lowest BCUT2D eigenvalue weighted by Gasteiger charge is -2.72.